The highest BCUT2D eigenvalue weighted by molar-refractivity contribution is 6.74. The molecule has 0 aliphatic rings. The molecule has 0 fully saturated rings. The zero-order valence-corrected chi connectivity index (χ0v) is 22.8. The van der Waals surface area contributed by atoms with Crippen LogP contribution < -0.4 is 19.9 Å². The van der Waals surface area contributed by atoms with Gasteiger partial charge in [-0.2, -0.15) is 0 Å². The highest BCUT2D eigenvalue weighted by atomic mass is 28.4. The molecule has 0 saturated carbocycles. The summed E-state index contributed by atoms with van der Waals surface area (Å²) in [6, 6.07) is 23.6. The lowest BCUT2D eigenvalue weighted by Gasteiger charge is -2.37. The molecule has 0 aliphatic carbocycles. The van der Waals surface area contributed by atoms with Crippen molar-refractivity contribution >= 4 is 8.32 Å². The Balaban J connectivity index is 1.87. The molecular formula is C29H39NO4Si. The smallest absolute Gasteiger partial charge is 0.203 e. The van der Waals surface area contributed by atoms with Crippen LogP contribution in [0.3, 0.4) is 0 Å². The molecule has 0 amide bonds. The lowest BCUT2D eigenvalue weighted by molar-refractivity contribution is 0.251. The maximum Gasteiger partial charge on any atom is 0.203 e. The third kappa shape index (κ3) is 7.34. The number of benzene rings is 3. The molecule has 0 aromatic heterocycles. The Labute approximate surface area is 211 Å². The molecule has 0 bridgehead atoms. The molecule has 3 aromatic carbocycles. The lowest BCUT2D eigenvalue weighted by Crippen LogP contribution is -2.42. The van der Waals surface area contributed by atoms with E-state index in [1.807, 2.05) is 72.8 Å². The molecule has 3 aromatic rings. The SMILES string of the molecule is COc1c(OCc2ccccc2)cc([C@@H](N)CO[Si](C)(C)C(C)(C)C)cc1OCc1ccccc1. The molecule has 0 unspecified atom stereocenters. The summed E-state index contributed by atoms with van der Waals surface area (Å²) in [6.07, 6.45) is 0. The minimum Gasteiger partial charge on any atom is -0.490 e. The van der Waals surface area contributed by atoms with Gasteiger partial charge in [0.05, 0.1) is 19.8 Å². The van der Waals surface area contributed by atoms with Gasteiger partial charge in [-0.05, 0) is 47.0 Å². The Morgan fingerprint density at radius 1 is 0.800 bits per heavy atom. The van der Waals surface area contributed by atoms with Crippen LogP contribution in [0.5, 0.6) is 17.2 Å². The average molecular weight is 494 g/mol. The molecular weight excluding hydrogens is 454 g/mol. The van der Waals surface area contributed by atoms with E-state index in [9.17, 15) is 0 Å². The van der Waals surface area contributed by atoms with E-state index >= 15 is 0 Å². The van der Waals surface area contributed by atoms with Crippen LogP contribution in [-0.4, -0.2) is 22.0 Å². The van der Waals surface area contributed by atoms with Gasteiger partial charge in [0.2, 0.25) is 5.75 Å². The molecule has 0 radical (unpaired) electrons. The van der Waals surface area contributed by atoms with Crippen molar-refractivity contribution in [1.29, 1.82) is 0 Å². The number of methoxy groups -OCH3 is 1. The summed E-state index contributed by atoms with van der Waals surface area (Å²) in [6.45, 7) is 12.4. The normalized spacial score (nSPS) is 12.8. The minimum atomic E-state index is -1.93. The van der Waals surface area contributed by atoms with E-state index in [1.54, 1.807) is 7.11 Å². The van der Waals surface area contributed by atoms with Gasteiger partial charge >= 0.3 is 0 Å². The summed E-state index contributed by atoms with van der Waals surface area (Å²) in [5, 5.41) is 0.112. The van der Waals surface area contributed by atoms with Gasteiger partial charge in [-0.3, -0.25) is 0 Å². The Bertz CT molecular complexity index is 1000. The van der Waals surface area contributed by atoms with Crippen LogP contribution in [0.4, 0.5) is 0 Å². The summed E-state index contributed by atoms with van der Waals surface area (Å²) in [4.78, 5) is 0. The molecule has 5 nitrogen and oxygen atoms in total. The van der Waals surface area contributed by atoms with Crippen LogP contribution in [0.25, 0.3) is 0 Å². The molecule has 6 heteroatoms. The van der Waals surface area contributed by atoms with Crippen LogP contribution in [0.2, 0.25) is 18.1 Å². The highest BCUT2D eigenvalue weighted by Crippen LogP contribution is 2.41. The molecule has 2 N–H and O–H groups in total. The largest absolute Gasteiger partial charge is 0.490 e. The minimum absolute atomic E-state index is 0.112. The molecule has 0 spiro atoms. The first kappa shape index (κ1) is 26.8. The van der Waals surface area contributed by atoms with E-state index in [1.165, 1.54) is 0 Å². The maximum absolute atomic E-state index is 6.63. The van der Waals surface area contributed by atoms with Crippen LogP contribution in [0, 0.1) is 0 Å². The monoisotopic (exact) mass is 493 g/mol. The number of nitrogens with two attached hydrogens (primary N) is 1. The van der Waals surface area contributed by atoms with Gasteiger partial charge in [0.25, 0.3) is 0 Å². The quantitative estimate of drug-likeness (QED) is 0.295. The van der Waals surface area contributed by atoms with E-state index in [0.29, 0.717) is 37.1 Å². The molecule has 3 rings (SSSR count). The Morgan fingerprint density at radius 2 is 1.26 bits per heavy atom. The van der Waals surface area contributed by atoms with Gasteiger partial charge < -0.3 is 24.4 Å². The van der Waals surface area contributed by atoms with Crippen LogP contribution in [0.1, 0.15) is 43.5 Å². The number of hydrogen-bond acceptors (Lipinski definition) is 5. The summed E-state index contributed by atoms with van der Waals surface area (Å²) >= 11 is 0. The zero-order chi connectivity index (χ0) is 25.5. The topological polar surface area (TPSA) is 62.9 Å². The fourth-order valence-electron chi connectivity index (χ4n) is 3.31. The second-order valence-corrected chi connectivity index (χ2v) is 15.1. The Kier molecular flexibility index (Phi) is 9.00. The van der Waals surface area contributed by atoms with Crippen LogP contribution >= 0.6 is 0 Å². The third-order valence-corrected chi connectivity index (χ3v) is 11.1. The van der Waals surface area contributed by atoms with Crippen LogP contribution in [0.15, 0.2) is 72.8 Å². The molecule has 0 heterocycles. The van der Waals surface area contributed by atoms with E-state index < -0.39 is 8.32 Å². The van der Waals surface area contributed by atoms with Crippen molar-refractivity contribution in [2.24, 2.45) is 5.73 Å². The summed E-state index contributed by atoms with van der Waals surface area (Å²) in [5.74, 6) is 1.75. The van der Waals surface area contributed by atoms with Gasteiger partial charge in [0.15, 0.2) is 19.8 Å². The Morgan fingerprint density at radius 3 is 1.66 bits per heavy atom. The average Bonchev–Trinajstić information content (AvgIpc) is 2.85. The maximum atomic E-state index is 6.63. The first-order chi connectivity index (χ1) is 16.6. The second kappa shape index (κ2) is 11.8. The van der Waals surface area contributed by atoms with Gasteiger partial charge in [-0.15, -0.1) is 0 Å². The summed E-state index contributed by atoms with van der Waals surface area (Å²) in [7, 11) is -0.306. The molecule has 1 atom stereocenters. The standard InChI is InChI=1S/C29H39NO4Si/c1-29(2,3)35(5,6)34-21-25(30)24-17-26(32-19-22-13-9-7-10-14-22)28(31-4)27(18-24)33-20-23-15-11-8-12-16-23/h7-18,25H,19-21,30H2,1-6H3/t25-/m0/s1. The van der Waals surface area contributed by atoms with Crippen molar-refractivity contribution in [2.75, 3.05) is 13.7 Å². The van der Waals surface area contributed by atoms with Gasteiger partial charge in [-0.1, -0.05) is 81.4 Å². The van der Waals surface area contributed by atoms with Gasteiger partial charge in [-0.25, -0.2) is 0 Å². The molecule has 35 heavy (non-hydrogen) atoms. The number of ether oxygens (including phenoxy) is 3. The Hall–Kier alpha value is -2.80. The summed E-state index contributed by atoms with van der Waals surface area (Å²) in [5.41, 5.74) is 9.65. The first-order valence-electron chi connectivity index (χ1n) is 12.1. The van der Waals surface area contributed by atoms with E-state index in [-0.39, 0.29) is 11.1 Å². The second-order valence-electron chi connectivity index (χ2n) is 10.3. The fourth-order valence-corrected chi connectivity index (χ4v) is 4.34. The predicted molar refractivity (Wildman–Crippen MR) is 145 cm³/mol. The van der Waals surface area contributed by atoms with Crippen LogP contribution in [-0.2, 0) is 17.6 Å². The number of rotatable bonds is 11. The zero-order valence-electron chi connectivity index (χ0n) is 21.8. The van der Waals surface area contributed by atoms with E-state index in [0.717, 1.165) is 16.7 Å². The molecule has 0 aliphatic heterocycles. The van der Waals surface area contributed by atoms with Gasteiger partial charge in [0.1, 0.15) is 13.2 Å². The summed E-state index contributed by atoms with van der Waals surface area (Å²) < 4.78 is 24.5. The van der Waals surface area contributed by atoms with Crippen molar-refractivity contribution in [3.05, 3.63) is 89.5 Å². The van der Waals surface area contributed by atoms with Crippen molar-refractivity contribution in [3.8, 4) is 17.2 Å². The van der Waals surface area contributed by atoms with E-state index in [4.69, 9.17) is 24.4 Å². The fraction of sp³-hybridized carbons (Fsp3) is 0.379. The highest BCUT2D eigenvalue weighted by Gasteiger charge is 2.37. The van der Waals surface area contributed by atoms with Gasteiger partial charge in [0, 0.05) is 0 Å². The predicted octanol–water partition coefficient (Wildman–Crippen LogP) is 6.87. The van der Waals surface area contributed by atoms with Crippen molar-refractivity contribution in [1.82, 2.24) is 0 Å². The van der Waals surface area contributed by atoms with Crippen molar-refractivity contribution in [3.63, 3.8) is 0 Å². The third-order valence-electron chi connectivity index (χ3n) is 6.58. The number of hydrogen-bond donors (Lipinski definition) is 1. The van der Waals surface area contributed by atoms with Crippen molar-refractivity contribution < 1.29 is 18.6 Å². The first-order valence-corrected chi connectivity index (χ1v) is 15.0. The molecule has 0 saturated heterocycles. The lowest BCUT2D eigenvalue weighted by atomic mass is 10.1. The van der Waals surface area contributed by atoms with Crippen molar-refractivity contribution in [2.45, 2.75) is 58.2 Å². The molecule has 188 valence electrons. The van der Waals surface area contributed by atoms with E-state index in [2.05, 4.69) is 33.9 Å².